The van der Waals surface area contributed by atoms with Crippen LogP contribution in [0.4, 0.5) is 15.9 Å². The number of nitrogens with one attached hydrogen (secondary N) is 1. The fourth-order valence-electron chi connectivity index (χ4n) is 2.20. The first-order valence-electron chi connectivity index (χ1n) is 7.53. The first-order valence-corrected chi connectivity index (χ1v) is 7.53. The number of hydrogen-bond donors (Lipinski definition) is 1. The zero-order valence-electron chi connectivity index (χ0n) is 13.2. The van der Waals surface area contributed by atoms with E-state index in [1.807, 2.05) is 31.2 Å². The molecule has 124 valence electrons. The van der Waals surface area contributed by atoms with Gasteiger partial charge in [0.25, 0.3) is 0 Å². The number of anilines is 2. The van der Waals surface area contributed by atoms with Crippen LogP contribution in [0.3, 0.4) is 0 Å². The molecular formula is C17H13FN6O. The van der Waals surface area contributed by atoms with Gasteiger partial charge in [-0.2, -0.15) is 5.10 Å². The summed E-state index contributed by atoms with van der Waals surface area (Å²) < 4.78 is 18.5. The summed E-state index contributed by atoms with van der Waals surface area (Å²) >= 11 is 0. The molecule has 0 aliphatic carbocycles. The third-order valence-electron chi connectivity index (χ3n) is 3.49. The lowest BCUT2D eigenvalue weighted by Crippen LogP contribution is -2.00. The van der Waals surface area contributed by atoms with Crippen LogP contribution in [-0.2, 0) is 0 Å². The van der Waals surface area contributed by atoms with Gasteiger partial charge in [-0.1, -0.05) is 27.6 Å². The quantitative estimate of drug-likeness (QED) is 0.614. The molecule has 0 saturated carbocycles. The molecule has 0 atom stereocenters. The standard InChI is InChI=1S/C17H13FN6O/c1-11-2-4-12(5-3-11)16-21-22-17(25-16)24-19-10-15(23-24)20-14-8-6-13(18)7-9-14/h2-10H,1H3,(H,20,23). The Morgan fingerprint density at radius 1 is 1.00 bits per heavy atom. The van der Waals surface area contributed by atoms with Gasteiger partial charge in [0.05, 0.1) is 6.20 Å². The van der Waals surface area contributed by atoms with Crippen molar-refractivity contribution in [3.63, 3.8) is 0 Å². The lowest BCUT2D eigenvalue weighted by molar-refractivity contribution is 0.496. The summed E-state index contributed by atoms with van der Waals surface area (Å²) in [7, 11) is 0. The van der Waals surface area contributed by atoms with Crippen LogP contribution < -0.4 is 5.32 Å². The van der Waals surface area contributed by atoms with Gasteiger partial charge in [0.2, 0.25) is 5.89 Å². The summed E-state index contributed by atoms with van der Waals surface area (Å²) in [5.41, 5.74) is 2.66. The van der Waals surface area contributed by atoms with E-state index in [1.54, 1.807) is 12.1 Å². The Morgan fingerprint density at radius 3 is 2.52 bits per heavy atom. The Morgan fingerprint density at radius 2 is 1.76 bits per heavy atom. The fraction of sp³-hybridized carbons (Fsp3) is 0.0588. The highest BCUT2D eigenvalue weighted by Crippen LogP contribution is 2.20. The molecule has 2 aromatic carbocycles. The van der Waals surface area contributed by atoms with Crippen molar-refractivity contribution in [3.05, 3.63) is 66.1 Å². The molecule has 4 rings (SSSR count). The minimum atomic E-state index is -0.302. The lowest BCUT2D eigenvalue weighted by atomic mass is 10.1. The van der Waals surface area contributed by atoms with E-state index < -0.39 is 0 Å². The van der Waals surface area contributed by atoms with E-state index >= 15 is 0 Å². The molecule has 25 heavy (non-hydrogen) atoms. The number of aryl methyl sites for hydroxylation is 1. The maximum Gasteiger partial charge on any atom is 0.361 e. The van der Waals surface area contributed by atoms with Gasteiger partial charge < -0.3 is 9.73 Å². The van der Waals surface area contributed by atoms with E-state index in [2.05, 4.69) is 25.7 Å². The van der Waals surface area contributed by atoms with E-state index in [0.717, 1.165) is 11.1 Å². The highest BCUT2D eigenvalue weighted by Gasteiger charge is 2.12. The van der Waals surface area contributed by atoms with Gasteiger partial charge in [-0.15, -0.1) is 10.2 Å². The lowest BCUT2D eigenvalue weighted by Gasteiger charge is -2.00. The molecule has 0 saturated heterocycles. The average molecular weight is 336 g/mol. The predicted octanol–water partition coefficient (Wildman–Crippen LogP) is 3.51. The molecule has 2 aromatic heterocycles. The molecule has 0 fully saturated rings. The van der Waals surface area contributed by atoms with Crippen molar-refractivity contribution in [2.75, 3.05) is 5.32 Å². The van der Waals surface area contributed by atoms with Crippen LogP contribution in [0.15, 0.2) is 59.1 Å². The maximum atomic E-state index is 12.9. The van der Waals surface area contributed by atoms with Crippen LogP contribution in [0.2, 0.25) is 0 Å². The van der Waals surface area contributed by atoms with Crippen molar-refractivity contribution in [3.8, 4) is 17.5 Å². The Labute approximate surface area is 142 Å². The van der Waals surface area contributed by atoms with E-state index in [-0.39, 0.29) is 11.8 Å². The predicted molar refractivity (Wildman–Crippen MR) is 89.1 cm³/mol. The molecule has 0 aliphatic rings. The Kier molecular flexibility index (Phi) is 3.70. The van der Waals surface area contributed by atoms with Gasteiger partial charge in [0.1, 0.15) is 5.82 Å². The van der Waals surface area contributed by atoms with Gasteiger partial charge in [0.15, 0.2) is 5.82 Å². The molecule has 2 heterocycles. The second-order valence-electron chi connectivity index (χ2n) is 5.41. The van der Waals surface area contributed by atoms with Gasteiger partial charge in [-0.3, -0.25) is 0 Å². The van der Waals surface area contributed by atoms with Crippen LogP contribution in [0.1, 0.15) is 5.56 Å². The number of hydrogen-bond acceptors (Lipinski definition) is 6. The number of nitrogens with zero attached hydrogens (tertiary/aromatic N) is 5. The van der Waals surface area contributed by atoms with Gasteiger partial charge >= 0.3 is 6.01 Å². The van der Waals surface area contributed by atoms with E-state index in [4.69, 9.17) is 4.42 Å². The number of halogens is 1. The Balaban J connectivity index is 1.54. The molecule has 8 heteroatoms. The second-order valence-corrected chi connectivity index (χ2v) is 5.41. The molecule has 0 aliphatic heterocycles. The minimum Gasteiger partial charge on any atom is -0.401 e. The second kappa shape index (κ2) is 6.16. The molecule has 7 nitrogen and oxygen atoms in total. The zero-order chi connectivity index (χ0) is 17.2. The smallest absolute Gasteiger partial charge is 0.361 e. The SMILES string of the molecule is Cc1ccc(-c2nnc(-n3ncc(Nc4ccc(F)cc4)n3)o2)cc1. The molecule has 0 unspecified atom stereocenters. The summed E-state index contributed by atoms with van der Waals surface area (Å²) in [5.74, 6) is 0.561. The minimum absolute atomic E-state index is 0.155. The van der Waals surface area contributed by atoms with Crippen molar-refractivity contribution in [2.24, 2.45) is 0 Å². The number of rotatable bonds is 4. The third-order valence-corrected chi connectivity index (χ3v) is 3.49. The van der Waals surface area contributed by atoms with Gasteiger partial charge in [-0.25, -0.2) is 4.39 Å². The summed E-state index contributed by atoms with van der Waals surface area (Å²) in [4.78, 5) is 1.23. The number of benzene rings is 2. The molecule has 0 bridgehead atoms. The fourth-order valence-corrected chi connectivity index (χ4v) is 2.20. The molecule has 0 spiro atoms. The van der Waals surface area contributed by atoms with E-state index in [9.17, 15) is 4.39 Å². The topological polar surface area (TPSA) is 81.7 Å². The van der Waals surface area contributed by atoms with Crippen molar-refractivity contribution in [1.82, 2.24) is 25.2 Å². The van der Waals surface area contributed by atoms with Crippen molar-refractivity contribution in [2.45, 2.75) is 6.92 Å². The third kappa shape index (κ3) is 3.23. The van der Waals surface area contributed by atoms with Crippen molar-refractivity contribution < 1.29 is 8.81 Å². The Hall–Kier alpha value is -3.55. The maximum absolute atomic E-state index is 12.9. The monoisotopic (exact) mass is 336 g/mol. The van der Waals surface area contributed by atoms with Crippen LogP contribution in [0, 0.1) is 12.7 Å². The molecule has 0 amide bonds. The average Bonchev–Trinajstić information content (AvgIpc) is 3.27. The van der Waals surface area contributed by atoms with Crippen LogP contribution >= 0.6 is 0 Å². The highest BCUT2D eigenvalue weighted by molar-refractivity contribution is 5.55. The first-order chi connectivity index (χ1) is 12.2. The summed E-state index contributed by atoms with van der Waals surface area (Å²) in [6.45, 7) is 2.01. The molecule has 0 radical (unpaired) electrons. The first kappa shape index (κ1) is 15.0. The summed E-state index contributed by atoms with van der Waals surface area (Å²) in [6.07, 6.45) is 1.51. The van der Waals surface area contributed by atoms with Gasteiger partial charge in [-0.05, 0) is 43.3 Å². The summed E-state index contributed by atoms with van der Waals surface area (Å²) in [6, 6.07) is 13.8. The summed E-state index contributed by atoms with van der Waals surface area (Å²) in [5, 5.41) is 19.3. The largest absolute Gasteiger partial charge is 0.401 e. The van der Waals surface area contributed by atoms with E-state index in [0.29, 0.717) is 17.4 Å². The highest BCUT2D eigenvalue weighted by atomic mass is 19.1. The Bertz CT molecular complexity index is 991. The van der Waals surface area contributed by atoms with Crippen LogP contribution in [0.5, 0.6) is 0 Å². The van der Waals surface area contributed by atoms with E-state index in [1.165, 1.54) is 23.1 Å². The molecular weight excluding hydrogens is 323 g/mol. The zero-order valence-corrected chi connectivity index (χ0v) is 13.2. The molecule has 4 aromatic rings. The van der Waals surface area contributed by atoms with Crippen LogP contribution in [-0.4, -0.2) is 25.2 Å². The molecule has 1 N–H and O–H groups in total. The van der Waals surface area contributed by atoms with Crippen LogP contribution in [0.25, 0.3) is 17.5 Å². The van der Waals surface area contributed by atoms with Crippen molar-refractivity contribution >= 4 is 11.5 Å². The van der Waals surface area contributed by atoms with Crippen molar-refractivity contribution in [1.29, 1.82) is 0 Å². The number of aromatic nitrogens is 5. The van der Waals surface area contributed by atoms with Gasteiger partial charge in [0, 0.05) is 11.3 Å². The normalized spacial score (nSPS) is 10.8.